The van der Waals surface area contributed by atoms with Crippen molar-refractivity contribution in [1.82, 2.24) is 0 Å². The molecule has 1 unspecified atom stereocenters. The van der Waals surface area contributed by atoms with Crippen molar-refractivity contribution in [2.24, 2.45) is 5.73 Å². The van der Waals surface area contributed by atoms with Crippen LogP contribution in [0.1, 0.15) is 13.3 Å². The van der Waals surface area contributed by atoms with Gasteiger partial charge in [-0.05, 0) is 6.42 Å². The SMILES string of the molecule is CCC(CN)S(=O)(=O)Nc1cc(F)cc(F)c1F. The topological polar surface area (TPSA) is 72.2 Å². The summed E-state index contributed by atoms with van der Waals surface area (Å²) in [5.41, 5.74) is 4.50. The third-order valence-electron chi connectivity index (χ3n) is 2.40. The van der Waals surface area contributed by atoms with Gasteiger partial charge in [-0.15, -0.1) is 0 Å². The van der Waals surface area contributed by atoms with E-state index in [1.165, 1.54) is 0 Å². The molecule has 0 aliphatic heterocycles. The standard InChI is InChI=1S/C10H13F3N2O2S/c1-2-7(5-14)18(16,17)15-9-4-6(11)3-8(12)10(9)13/h3-4,7,15H,2,5,14H2,1H3. The molecule has 0 bridgehead atoms. The van der Waals surface area contributed by atoms with Crippen LogP contribution in [0, 0.1) is 17.5 Å². The number of rotatable bonds is 5. The fraction of sp³-hybridized carbons (Fsp3) is 0.400. The van der Waals surface area contributed by atoms with Crippen LogP contribution in [0.25, 0.3) is 0 Å². The second-order valence-corrected chi connectivity index (χ2v) is 5.62. The van der Waals surface area contributed by atoms with Gasteiger partial charge in [0.2, 0.25) is 10.0 Å². The molecule has 18 heavy (non-hydrogen) atoms. The molecule has 0 saturated carbocycles. The maximum absolute atomic E-state index is 13.3. The molecule has 0 aliphatic carbocycles. The van der Waals surface area contributed by atoms with Gasteiger partial charge in [0, 0.05) is 18.7 Å². The molecule has 1 atom stereocenters. The van der Waals surface area contributed by atoms with E-state index in [-0.39, 0.29) is 13.0 Å². The van der Waals surface area contributed by atoms with E-state index in [0.717, 1.165) is 0 Å². The predicted octanol–water partition coefficient (Wildman–Crippen LogP) is 1.58. The lowest BCUT2D eigenvalue weighted by Gasteiger charge is -2.16. The number of anilines is 1. The monoisotopic (exact) mass is 282 g/mol. The van der Waals surface area contributed by atoms with Crippen LogP contribution >= 0.6 is 0 Å². The first-order chi connectivity index (χ1) is 8.31. The maximum atomic E-state index is 13.3. The van der Waals surface area contributed by atoms with Crippen LogP contribution < -0.4 is 10.5 Å². The quantitative estimate of drug-likeness (QED) is 0.805. The average molecular weight is 282 g/mol. The molecule has 0 radical (unpaired) electrons. The Balaban J connectivity index is 3.12. The number of sulfonamides is 1. The van der Waals surface area contributed by atoms with Gasteiger partial charge in [-0.3, -0.25) is 4.72 Å². The molecule has 0 amide bonds. The van der Waals surface area contributed by atoms with E-state index in [1.807, 2.05) is 4.72 Å². The molecule has 3 N–H and O–H groups in total. The highest BCUT2D eigenvalue weighted by Crippen LogP contribution is 2.21. The summed E-state index contributed by atoms with van der Waals surface area (Å²) < 4.78 is 64.3. The summed E-state index contributed by atoms with van der Waals surface area (Å²) in [4.78, 5) is 0. The number of benzene rings is 1. The Kier molecular flexibility index (Phi) is 4.58. The maximum Gasteiger partial charge on any atom is 0.236 e. The van der Waals surface area contributed by atoms with Gasteiger partial charge in [0.05, 0.1) is 10.9 Å². The Morgan fingerprint density at radius 1 is 1.33 bits per heavy atom. The molecule has 1 aromatic rings. The Hall–Kier alpha value is -1.28. The Labute approximate surface area is 103 Å². The Bertz CT molecular complexity index is 530. The number of hydrogen-bond acceptors (Lipinski definition) is 3. The summed E-state index contributed by atoms with van der Waals surface area (Å²) in [5, 5.41) is -0.955. The highest BCUT2D eigenvalue weighted by Gasteiger charge is 2.24. The van der Waals surface area contributed by atoms with Gasteiger partial charge in [0.15, 0.2) is 11.6 Å². The summed E-state index contributed by atoms with van der Waals surface area (Å²) in [6.45, 7) is 1.41. The van der Waals surface area contributed by atoms with E-state index in [9.17, 15) is 21.6 Å². The molecule has 0 saturated heterocycles. The first-order valence-electron chi connectivity index (χ1n) is 5.18. The molecule has 0 aromatic heterocycles. The highest BCUT2D eigenvalue weighted by atomic mass is 32.2. The fourth-order valence-electron chi connectivity index (χ4n) is 1.38. The molecule has 1 rings (SSSR count). The molecule has 0 spiro atoms. The zero-order valence-electron chi connectivity index (χ0n) is 9.58. The van der Waals surface area contributed by atoms with Crippen molar-refractivity contribution in [1.29, 1.82) is 0 Å². The first-order valence-corrected chi connectivity index (χ1v) is 6.72. The van der Waals surface area contributed by atoms with E-state index in [4.69, 9.17) is 5.73 Å². The molecule has 4 nitrogen and oxygen atoms in total. The minimum Gasteiger partial charge on any atom is -0.329 e. The van der Waals surface area contributed by atoms with Crippen LogP contribution in [0.4, 0.5) is 18.9 Å². The number of nitrogens with one attached hydrogen (secondary N) is 1. The average Bonchev–Trinajstić information content (AvgIpc) is 2.26. The van der Waals surface area contributed by atoms with Gasteiger partial charge >= 0.3 is 0 Å². The Morgan fingerprint density at radius 3 is 2.44 bits per heavy atom. The van der Waals surface area contributed by atoms with Crippen LogP contribution in [0.2, 0.25) is 0 Å². The van der Waals surface area contributed by atoms with Crippen LogP contribution in [0.5, 0.6) is 0 Å². The first kappa shape index (κ1) is 14.8. The van der Waals surface area contributed by atoms with Gasteiger partial charge in [-0.25, -0.2) is 21.6 Å². The lowest BCUT2D eigenvalue weighted by atomic mass is 10.3. The molecular formula is C10H13F3N2O2S. The summed E-state index contributed by atoms with van der Waals surface area (Å²) in [5.74, 6) is -3.99. The van der Waals surface area contributed by atoms with Crippen molar-refractivity contribution < 1.29 is 21.6 Å². The van der Waals surface area contributed by atoms with Crippen molar-refractivity contribution in [3.63, 3.8) is 0 Å². The van der Waals surface area contributed by atoms with E-state index in [0.29, 0.717) is 12.1 Å². The van der Waals surface area contributed by atoms with Gasteiger partial charge in [0.25, 0.3) is 0 Å². The lowest BCUT2D eigenvalue weighted by molar-refractivity contribution is 0.498. The molecule has 0 aliphatic rings. The van der Waals surface area contributed by atoms with Crippen LogP contribution in [-0.2, 0) is 10.0 Å². The summed E-state index contributed by atoms with van der Waals surface area (Å²) in [6.07, 6.45) is 0.200. The summed E-state index contributed by atoms with van der Waals surface area (Å²) in [6, 6.07) is 0.895. The second-order valence-electron chi connectivity index (χ2n) is 3.66. The van der Waals surface area contributed by atoms with E-state index < -0.39 is 38.4 Å². The van der Waals surface area contributed by atoms with Gasteiger partial charge in [-0.1, -0.05) is 6.92 Å². The van der Waals surface area contributed by atoms with Gasteiger partial charge in [0.1, 0.15) is 5.82 Å². The largest absolute Gasteiger partial charge is 0.329 e. The third kappa shape index (κ3) is 3.14. The second kappa shape index (κ2) is 5.57. The van der Waals surface area contributed by atoms with Crippen molar-refractivity contribution in [2.45, 2.75) is 18.6 Å². The molecule has 0 fully saturated rings. The fourth-order valence-corrected chi connectivity index (χ4v) is 2.69. The Morgan fingerprint density at radius 2 is 1.94 bits per heavy atom. The van der Waals surface area contributed by atoms with Crippen molar-refractivity contribution >= 4 is 15.7 Å². The predicted molar refractivity (Wildman–Crippen MR) is 62.0 cm³/mol. The zero-order chi connectivity index (χ0) is 13.9. The minimum absolute atomic E-state index is 0.175. The lowest BCUT2D eigenvalue weighted by Crippen LogP contribution is -2.34. The van der Waals surface area contributed by atoms with Crippen molar-refractivity contribution in [3.05, 3.63) is 29.6 Å². The van der Waals surface area contributed by atoms with Crippen LogP contribution in [0.15, 0.2) is 12.1 Å². The van der Waals surface area contributed by atoms with Crippen molar-refractivity contribution in [3.8, 4) is 0 Å². The van der Waals surface area contributed by atoms with Gasteiger partial charge < -0.3 is 5.73 Å². The summed E-state index contributed by atoms with van der Waals surface area (Å²) >= 11 is 0. The number of hydrogen-bond donors (Lipinski definition) is 2. The number of nitrogens with two attached hydrogens (primary N) is 1. The van der Waals surface area contributed by atoms with E-state index in [2.05, 4.69) is 0 Å². The number of halogens is 3. The van der Waals surface area contributed by atoms with Crippen molar-refractivity contribution in [2.75, 3.05) is 11.3 Å². The van der Waals surface area contributed by atoms with E-state index in [1.54, 1.807) is 6.92 Å². The smallest absolute Gasteiger partial charge is 0.236 e. The minimum atomic E-state index is -3.98. The highest BCUT2D eigenvalue weighted by molar-refractivity contribution is 7.93. The normalized spacial score (nSPS) is 13.4. The van der Waals surface area contributed by atoms with Crippen LogP contribution in [-0.4, -0.2) is 20.2 Å². The molecular weight excluding hydrogens is 269 g/mol. The molecule has 8 heteroatoms. The molecule has 1 aromatic carbocycles. The zero-order valence-corrected chi connectivity index (χ0v) is 10.4. The molecule has 0 heterocycles. The van der Waals surface area contributed by atoms with Crippen LogP contribution in [0.3, 0.4) is 0 Å². The van der Waals surface area contributed by atoms with Gasteiger partial charge in [-0.2, -0.15) is 0 Å². The molecule has 102 valence electrons. The van der Waals surface area contributed by atoms with E-state index >= 15 is 0 Å². The third-order valence-corrected chi connectivity index (χ3v) is 4.31. The summed E-state index contributed by atoms with van der Waals surface area (Å²) in [7, 11) is -3.98.